The molecule has 1 saturated carbocycles. The molecule has 2 amide bonds. The van der Waals surface area contributed by atoms with Gasteiger partial charge in [-0.2, -0.15) is 0 Å². The van der Waals surface area contributed by atoms with E-state index in [1.54, 1.807) is 16.5 Å². The molecule has 1 unspecified atom stereocenters. The van der Waals surface area contributed by atoms with Gasteiger partial charge in [-0.1, -0.05) is 12.1 Å². The van der Waals surface area contributed by atoms with Crippen molar-refractivity contribution in [3.05, 3.63) is 41.4 Å². The maximum Gasteiger partial charge on any atom is 0.245 e. The molecular formula is C22H27N3O4S. The van der Waals surface area contributed by atoms with Crippen LogP contribution in [0.3, 0.4) is 0 Å². The highest BCUT2D eigenvalue weighted by molar-refractivity contribution is 7.13. The molecule has 0 spiro atoms. The Balaban J connectivity index is 1.23. The van der Waals surface area contributed by atoms with Gasteiger partial charge in [0.15, 0.2) is 5.13 Å². The maximum absolute atomic E-state index is 12.4. The van der Waals surface area contributed by atoms with E-state index >= 15 is 0 Å². The van der Waals surface area contributed by atoms with Crippen molar-refractivity contribution >= 4 is 28.3 Å². The number of nitrogens with one attached hydrogen (secondary N) is 1. The van der Waals surface area contributed by atoms with Crippen LogP contribution >= 0.6 is 11.3 Å². The molecule has 30 heavy (non-hydrogen) atoms. The maximum atomic E-state index is 12.4. The summed E-state index contributed by atoms with van der Waals surface area (Å²) in [7, 11) is 0. The summed E-state index contributed by atoms with van der Waals surface area (Å²) >= 11 is 1.36. The smallest absolute Gasteiger partial charge is 0.245 e. The van der Waals surface area contributed by atoms with Crippen LogP contribution in [0.1, 0.15) is 37.2 Å². The van der Waals surface area contributed by atoms with Gasteiger partial charge < -0.3 is 19.7 Å². The Morgan fingerprint density at radius 1 is 1.30 bits per heavy atom. The molecule has 1 aliphatic carbocycles. The number of thiazole rings is 1. The summed E-state index contributed by atoms with van der Waals surface area (Å²) in [5, 5.41) is 5.07. The first-order valence-electron chi connectivity index (χ1n) is 10.4. The summed E-state index contributed by atoms with van der Waals surface area (Å²) in [5.74, 6) is 1.43. The first-order chi connectivity index (χ1) is 14.7. The quantitative estimate of drug-likeness (QED) is 0.555. The number of carbonyl (C=O) groups excluding carboxylic acids is 2. The third-order valence-corrected chi connectivity index (χ3v) is 6.00. The number of amides is 2. The molecule has 0 radical (unpaired) electrons. The predicted molar refractivity (Wildman–Crippen MR) is 115 cm³/mol. The van der Waals surface area contributed by atoms with Gasteiger partial charge in [0.05, 0.1) is 13.2 Å². The minimum atomic E-state index is -0.222. The Morgan fingerprint density at radius 3 is 3.00 bits per heavy atom. The summed E-state index contributed by atoms with van der Waals surface area (Å²) < 4.78 is 11.5. The number of hydrogen-bond donors (Lipinski definition) is 1. The van der Waals surface area contributed by atoms with Crippen molar-refractivity contribution in [3.8, 4) is 5.75 Å². The van der Waals surface area contributed by atoms with Crippen molar-refractivity contribution in [2.24, 2.45) is 5.92 Å². The molecular weight excluding hydrogens is 402 g/mol. The fourth-order valence-corrected chi connectivity index (χ4v) is 4.05. The summed E-state index contributed by atoms with van der Waals surface area (Å²) in [5.41, 5.74) is 1.06. The monoisotopic (exact) mass is 429 g/mol. The molecule has 1 aromatic carbocycles. The minimum Gasteiger partial charge on any atom is -0.493 e. The number of likely N-dealkylation sites (tertiary alicyclic amines) is 1. The van der Waals surface area contributed by atoms with Crippen molar-refractivity contribution in [2.75, 3.05) is 38.2 Å². The van der Waals surface area contributed by atoms with Gasteiger partial charge in [0.25, 0.3) is 0 Å². The van der Waals surface area contributed by atoms with Crippen LogP contribution < -0.4 is 10.1 Å². The largest absolute Gasteiger partial charge is 0.493 e. The SMILES string of the molecule is O=C(CN1CC(c2cccc(OCCCOCC3CC3)c2)CC1=O)Nc1nccs1. The molecule has 2 fully saturated rings. The van der Waals surface area contributed by atoms with Gasteiger partial charge in [-0.3, -0.25) is 9.59 Å². The molecule has 4 rings (SSSR count). The lowest BCUT2D eigenvalue weighted by Crippen LogP contribution is -2.34. The van der Waals surface area contributed by atoms with Crippen molar-refractivity contribution in [3.63, 3.8) is 0 Å². The van der Waals surface area contributed by atoms with E-state index in [4.69, 9.17) is 9.47 Å². The van der Waals surface area contributed by atoms with E-state index in [9.17, 15) is 9.59 Å². The molecule has 2 heterocycles. The second kappa shape index (κ2) is 10.0. The van der Waals surface area contributed by atoms with Crippen LogP contribution in [0.15, 0.2) is 35.8 Å². The number of hydrogen-bond acceptors (Lipinski definition) is 6. The normalized spacial score (nSPS) is 18.6. The molecule has 0 bridgehead atoms. The number of aromatic nitrogens is 1. The third-order valence-electron chi connectivity index (χ3n) is 5.31. The summed E-state index contributed by atoms with van der Waals surface area (Å²) in [6, 6.07) is 7.91. The fourth-order valence-electron chi connectivity index (χ4n) is 3.51. The first-order valence-corrected chi connectivity index (χ1v) is 11.3. The van der Waals surface area contributed by atoms with Crippen LogP contribution in [0.2, 0.25) is 0 Å². The Labute approximate surface area is 180 Å². The van der Waals surface area contributed by atoms with Crippen LogP contribution in [-0.4, -0.2) is 54.6 Å². The average Bonchev–Trinajstić information content (AvgIpc) is 3.29. The standard InChI is InChI=1S/C22H27N3O4S/c26-20(24-22-23-7-10-30-22)14-25-13-18(12-21(25)27)17-3-1-4-19(11-17)29-9-2-8-28-15-16-5-6-16/h1,3-4,7,10-11,16,18H,2,5-6,8-9,12-15H2,(H,23,24,26). The number of ether oxygens (including phenoxy) is 2. The molecule has 1 N–H and O–H groups in total. The highest BCUT2D eigenvalue weighted by atomic mass is 32.1. The summed E-state index contributed by atoms with van der Waals surface area (Å²) in [4.78, 5) is 30.2. The Morgan fingerprint density at radius 2 is 2.20 bits per heavy atom. The lowest BCUT2D eigenvalue weighted by molar-refractivity contribution is -0.131. The van der Waals surface area contributed by atoms with E-state index in [2.05, 4.69) is 10.3 Å². The van der Waals surface area contributed by atoms with E-state index in [-0.39, 0.29) is 24.3 Å². The number of benzene rings is 1. The van der Waals surface area contributed by atoms with Crippen molar-refractivity contribution in [1.29, 1.82) is 0 Å². The first kappa shape index (κ1) is 20.8. The Hall–Kier alpha value is -2.45. The Bertz CT molecular complexity index is 854. The van der Waals surface area contributed by atoms with Gasteiger partial charge in [-0.15, -0.1) is 11.3 Å². The van der Waals surface area contributed by atoms with Gasteiger partial charge >= 0.3 is 0 Å². The van der Waals surface area contributed by atoms with Gasteiger partial charge in [-0.25, -0.2) is 4.98 Å². The van der Waals surface area contributed by atoms with Gasteiger partial charge in [-0.05, 0) is 36.5 Å². The van der Waals surface area contributed by atoms with Crippen molar-refractivity contribution < 1.29 is 19.1 Å². The van der Waals surface area contributed by atoms with Gasteiger partial charge in [0, 0.05) is 50.1 Å². The lowest BCUT2D eigenvalue weighted by atomic mass is 9.98. The molecule has 1 aromatic heterocycles. The fraction of sp³-hybridized carbons (Fsp3) is 0.500. The predicted octanol–water partition coefficient (Wildman–Crippen LogP) is 3.29. The van der Waals surface area contributed by atoms with Gasteiger partial charge in [0.1, 0.15) is 5.75 Å². The highest BCUT2D eigenvalue weighted by Gasteiger charge is 2.32. The van der Waals surface area contributed by atoms with Crippen molar-refractivity contribution in [1.82, 2.24) is 9.88 Å². The summed E-state index contributed by atoms with van der Waals surface area (Å²) in [6.45, 7) is 2.80. The lowest BCUT2D eigenvalue weighted by Gasteiger charge is -2.16. The topological polar surface area (TPSA) is 80.8 Å². The van der Waals surface area contributed by atoms with E-state index in [1.807, 2.05) is 24.3 Å². The van der Waals surface area contributed by atoms with E-state index in [1.165, 1.54) is 24.2 Å². The van der Waals surface area contributed by atoms with Gasteiger partial charge in [0.2, 0.25) is 11.8 Å². The number of rotatable bonds is 11. The van der Waals surface area contributed by atoms with Crippen LogP contribution in [0, 0.1) is 5.92 Å². The Kier molecular flexibility index (Phi) is 6.96. The molecule has 1 aliphatic heterocycles. The van der Waals surface area contributed by atoms with Crippen molar-refractivity contribution in [2.45, 2.75) is 31.6 Å². The zero-order valence-electron chi connectivity index (χ0n) is 16.9. The molecule has 1 saturated heterocycles. The molecule has 7 nitrogen and oxygen atoms in total. The summed E-state index contributed by atoms with van der Waals surface area (Å²) in [6.07, 6.45) is 5.51. The van der Waals surface area contributed by atoms with Crippen LogP contribution in [0.4, 0.5) is 5.13 Å². The zero-order valence-corrected chi connectivity index (χ0v) is 17.7. The van der Waals surface area contributed by atoms with E-state index < -0.39 is 0 Å². The van der Waals surface area contributed by atoms with Crippen LogP contribution in [0.5, 0.6) is 5.75 Å². The van der Waals surface area contributed by atoms with Crippen LogP contribution in [-0.2, 0) is 14.3 Å². The zero-order chi connectivity index (χ0) is 20.8. The number of carbonyl (C=O) groups is 2. The number of nitrogens with zero attached hydrogens (tertiary/aromatic N) is 2. The third kappa shape index (κ3) is 6.03. The molecule has 2 aliphatic rings. The van der Waals surface area contributed by atoms with E-state index in [0.717, 1.165) is 36.9 Å². The highest BCUT2D eigenvalue weighted by Crippen LogP contribution is 2.30. The minimum absolute atomic E-state index is 0.00609. The van der Waals surface area contributed by atoms with E-state index in [0.29, 0.717) is 24.7 Å². The van der Waals surface area contributed by atoms with Crippen LogP contribution in [0.25, 0.3) is 0 Å². The molecule has 1 atom stereocenters. The average molecular weight is 430 g/mol. The molecule has 8 heteroatoms. The number of anilines is 1. The second-order valence-electron chi connectivity index (χ2n) is 7.85. The second-order valence-corrected chi connectivity index (χ2v) is 8.75. The molecule has 160 valence electrons. The molecule has 2 aromatic rings.